The van der Waals surface area contributed by atoms with Crippen LogP contribution in [0.5, 0.6) is 0 Å². The van der Waals surface area contributed by atoms with Crippen molar-refractivity contribution in [2.24, 2.45) is 35.0 Å². The smallest absolute Gasteiger partial charge is 0.171 e. The molecule has 0 spiro atoms. The zero-order valence-electron chi connectivity index (χ0n) is 14.8. The summed E-state index contributed by atoms with van der Waals surface area (Å²) in [5.74, 6) is 2.38. The predicted molar refractivity (Wildman–Crippen MR) is 88.8 cm³/mol. The van der Waals surface area contributed by atoms with E-state index in [1.165, 1.54) is 12.0 Å². The largest absolute Gasteiger partial charge is 0.381 e. The van der Waals surface area contributed by atoms with E-state index in [9.17, 15) is 9.90 Å². The number of ketones is 1. The highest BCUT2D eigenvalue weighted by Gasteiger charge is 2.60. The minimum atomic E-state index is -0.881. The van der Waals surface area contributed by atoms with Crippen LogP contribution in [0.4, 0.5) is 0 Å². The van der Waals surface area contributed by atoms with Crippen LogP contribution in [0.15, 0.2) is 11.1 Å². The number of ether oxygens (including phenoxy) is 1. The Morgan fingerprint density at radius 3 is 2.61 bits per heavy atom. The van der Waals surface area contributed by atoms with Crippen molar-refractivity contribution in [2.75, 3.05) is 6.61 Å². The summed E-state index contributed by atoms with van der Waals surface area (Å²) in [5.41, 5.74) is 1.91. The lowest BCUT2D eigenvalue weighted by Gasteiger charge is -2.59. The van der Waals surface area contributed by atoms with Crippen molar-refractivity contribution >= 4 is 5.78 Å². The Bertz CT molecular complexity index is 565. The standard InChI is InChI=1S/C20H30O3/c1-10-5-13-7-14(12(10)3)18(21)19(22)20(4)11(2)6-17-15(9-23-17)16(20)8-13/h10-11,13,15-18,21H,5-9H2,1-4H3/t10-,11?,13+,15+,16-,17-,18?,20+/m0/s1. The molecule has 1 N–H and O–H groups in total. The first-order chi connectivity index (χ1) is 10.8. The van der Waals surface area contributed by atoms with Crippen molar-refractivity contribution in [1.82, 2.24) is 0 Å². The highest BCUT2D eigenvalue weighted by atomic mass is 16.5. The molecule has 3 aliphatic carbocycles. The molecule has 0 radical (unpaired) electrons. The zero-order chi connectivity index (χ0) is 16.5. The highest BCUT2D eigenvalue weighted by molar-refractivity contribution is 5.92. The third kappa shape index (κ3) is 2.05. The van der Waals surface area contributed by atoms with Crippen LogP contribution in [-0.2, 0) is 9.53 Å². The molecule has 1 saturated heterocycles. The first kappa shape index (κ1) is 15.8. The fourth-order valence-electron chi connectivity index (χ4n) is 6.08. The molecule has 8 atom stereocenters. The highest BCUT2D eigenvalue weighted by Crippen LogP contribution is 2.58. The number of aliphatic hydroxyl groups is 1. The lowest BCUT2D eigenvalue weighted by Crippen LogP contribution is -2.62. The van der Waals surface area contributed by atoms with Crippen LogP contribution in [0.3, 0.4) is 0 Å². The third-order valence-corrected chi connectivity index (χ3v) is 8.01. The van der Waals surface area contributed by atoms with Gasteiger partial charge >= 0.3 is 0 Å². The maximum absolute atomic E-state index is 13.4. The fraction of sp³-hybridized carbons (Fsp3) is 0.850. The summed E-state index contributed by atoms with van der Waals surface area (Å²) in [6.07, 6.45) is 3.69. The number of Topliss-reactive ketones (excluding diaryl/α,β-unsaturated/α-hetero) is 1. The number of allylic oxidation sites excluding steroid dienone is 1. The van der Waals surface area contributed by atoms with E-state index in [4.69, 9.17) is 4.74 Å². The van der Waals surface area contributed by atoms with Gasteiger partial charge in [-0.05, 0) is 61.9 Å². The van der Waals surface area contributed by atoms with Gasteiger partial charge in [0.2, 0.25) is 0 Å². The lowest BCUT2D eigenvalue weighted by molar-refractivity contribution is -0.213. The van der Waals surface area contributed by atoms with Gasteiger partial charge in [0.1, 0.15) is 6.10 Å². The van der Waals surface area contributed by atoms with E-state index in [1.54, 1.807) is 0 Å². The zero-order valence-corrected chi connectivity index (χ0v) is 14.8. The summed E-state index contributed by atoms with van der Waals surface area (Å²) >= 11 is 0. The molecule has 0 aromatic rings. The van der Waals surface area contributed by atoms with Crippen LogP contribution < -0.4 is 0 Å². The molecular formula is C20H30O3. The Morgan fingerprint density at radius 2 is 1.96 bits per heavy atom. The molecule has 2 unspecified atom stereocenters. The van der Waals surface area contributed by atoms with E-state index in [2.05, 4.69) is 27.7 Å². The van der Waals surface area contributed by atoms with Crippen LogP contribution in [-0.4, -0.2) is 29.7 Å². The Morgan fingerprint density at radius 1 is 1.22 bits per heavy atom. The summed E-state index contributed by atoms with van der Waals surface area (Å²) in [6, 6.07) is 0. The number of aliphatic hydroxyl groups excluding tert-OH is 1. The molecule has 2 saturated carbocycles. The van der Waals surface area contributed by atoms with E-state index in [0.29, 0.717) is 29.8 Å². The molecule has 3 nitrogen and oxygen atoms in total. The topological polar surface area (TPSA) is 46.5 Å². The molecule has 1 aliphatic heterocycles. The van der Waals surface area contributed by atoms with Gasteiger partial charge in [-0.25, -0.2) is 0 Å². The Hall–Kier alpha value is -0.670. The van der Waals surface area contributed by atoms with E-state index in [1.807, 2.05) is 0 Å². The van der Waals surface area contributed by atoms with Gasteiger partial charge in [0.15, 0.2) is 5.78 Å². The first-order valence-corrected chi connectivity index (χ1v) is 9.37. The second-order valence-electron chi connectivity index (χ2n) is 8.98. The average molecular weight is 318 g/mol. The Labute approximate surface area is 139 Å². The number of hydrogen-bond donors (Lipinski definition) is 1. The fourth-order valence-corrected chi connectivity index (χ4v) is 6.08. The number of fused-ring (bicyclic) bond motifs is 5. The summed E-state index contributed by atoms with van der Waals surface area (Å²) < 4.78 is 5.79. The number of rotatable bonds is 0. The van der Waals surface area contributed by atoms with Crippen molar-refractivity contribution in [3.05, 3.63) is 11.1 Å². The maximum atomic E-state index is 13.4. The van der Waals surface area contributed by atoms with Gasteiger partial charge in [0, 0.05) is 11.3 Å². The van der Waals surface area contributed by atoms with Gasteiger partial charge < -0.3 is 9.84 Å². The third-order valence-electron chi connectivity index (χ3n) is 8.01. The molecule has 3 fully saturated rings. The molecule has 0 aromatic carbocycles. The van der Waals surface area contributed by atoms with Crippen LogP contribution in [0.2, 0.25) is 0 Å². The van der Waals surface area contributed by atoms with E-state index in [-0.39, 0.29) is 11.7 Å². The van der Waals surface area contributed by atoms with Crippen molar-refractivity contribution in [3.63, 3.8) is 0 Å². The summed E-state index contributed by atoms with van der Waals surface area (Å²) in [7, 11) is 0. The van der Waals surface area contributed by atoms with Gasteiger partial charge in [-0.15, -0.1) is 0 Å². The molecule has 2 bridgehead atoms. The molecule has 3 heteroatoms. The minimum absolute atomic E-state index is 0.0854. The minimum Gasteiger partial charge on any atom is -0.381 e. The summed E-state index contributed by atoms with van der Waals surface area (Å²) in [5, 5.41) is 10.9. The van der Waals surface area contributed by atoms with Crippen LogP contribution in [0.25, 0.3) is 0 Å². The molecular weight excluding hydrogens is 288 g/mol. The molecule has 1 heterocycles. The average Bonchev–Trinajstić information content (AvgIpc) is 2.49. The molecule has 0 amide bonds. The molecule has 4 rings (SSSR count). The normalized spacial score (nSPS) is 52.9. The Kier molecular flexibility index (Phi) is 3.55. The van der Waals surface area contributed by atoms with Crippen molar-refractivity contribution in [3.8, 4) is 0 Å². The summed E-state index contributed by atoms with van der Waals surface area (Å²) in [6.45, 7) is 9.51. The predicted octanol–water partition coefficient (Wildman–Crippen LogP) is 3.36. The van der Waals surface area contributed by atoms with Gasteiger partial charge in [-0.2, -0.15) is 0 Å². The van der Waals surface area contributed by atoms with E-state index >= 15 is 0 Å². The van der Waals surface area contributed by atoms with Crippen molar-refractivity contribution in [1.29, 1.82) is 0 Å². The maximum Gasteiger partial charge on any atom is 0.171 e. The SMILES string of the molecule is CC1=C2C[C@@H](C[C@@H]1C)C[C@H]1[C@H]3CO[C@H]3CC(C)[C@@]1(C)C(=O)C2O. The first-order valence-electron chi connectivity index (χ1n) is 9.37. The molecule has 0 aromatic heterocycles. The number of hydrogen-bond acceptors (Lipinski definition) is 3. The molecule has 23 heavy (non-hydrogen) atoms. The Balaban J connectivity index is 1.79. The lowest BCUT2D eigenvalue weighted by atomic mass is 9.49. The van der Waals surface area contributed by atoms with Crippen molar-refractivity contribution < 1.29 is 14.6 Å². The van der Waals surface area contributed by atoms with Gasteiger partial charge in [0.05, 0.1) is 12.7 Å². The second-order valence-corrected chi connectivity index (χ2v) is 8.98. The number of carbonyl (C=O) groups excluding carboxylic acids is 1. The van der Waals surface area contributed by atoms with Gasteiger partial charge in [-0.1, -0.05) is 26.3 Å². The molecule has 128 valence electrons. The van der Waals surface area contributed by atoms with E-state index < -0.39 is 11.5 Å². The van der Waals surface area contributed by atoms with Crippen LogP contribution in [0.1, 0.15) is 53.4 Å². The quantitative estimate of drug-likeness (QED) is 0.697. The molecule has 4 aliphatic rings. The summed E-state index contributed by atoms with van der Waals surface area (Å²) in [4.78, 5) is 13.4. The van der Waals surface area contributed by atoms with Crippen LogP contribution >= 0.6 is 0 Å². The van der Waals surface area contributed by atoms with Crippen molar-refractivity contribution in [2.45, 2.75) is 65.6 Å². The van der Waals surface area contributed by atoms with E-state index in [0.717, 1.165) is 31.4 Å². The second kappa shape index (κ2) is 5.16. The van der Waals surface area contributed by atoms with Gasteiger partial charge in [-0.3, -0.25) is 4.79 Å². The monoisotopic (exact) mass is 318 g/mol. The van der Waals surface area contributed by atoms with Crippen LogP contribution in [0, 0.1) is 35.0 Å². The number of carbonyl (C=O) groups is 1. The van der Waals surface area contributed by atoms with Gasteiger partial charge in [0.25, 0.3) is 0 Å².